The van der Waals surface area contributed by atoms with Crippen molar-refractivity contribution in [2.24, 2.45) is 10.9 Å². The largest absolute Gasteiger partial charge is 0.354 e. The summed E-state index contributed by atoms with van der Waals surface area (Å²) in [6.45, 7) is 17.9. The van der Waals surface area contributed by atoms with Crippen molar-refractivity contribution < 1.29 is 9.59 Å². The van der Waals surface area contributed by atoms with Crippen LogP contribution in [0, 0.1) is 26.7 Å². The zero-order valence-electron chi connectivity index (χ0n) is 26.8. The molecule has 0 bridgehead atoms. The summed E-state index contributed by atoms with van der Waals surface area (Å²) in [5, 5.41) is 2.96. The average molecular weight is 599 g/mol. The van der Waals surface area contributed by atoms with E-state index in [0.717, 1.165) is 84.5 Å². The van der Waals surface area contributed by atoms with Crippen LogP contribution >= 0.6 is 0 Å². The number of rotatable bonds is 11. The number of allylic oxidation sites excluding steroid dienone is 3. The van der Waals surface area contributed by atoms with Crippen LogP contribution in [-0.2, 0) is 11.3 Å². The molecule has 3 fully saturated rings. The summed E-state index contributed by atoms with van der Waals surface area (Å²) in [5.74, 6) is 0.701. The Kier molecular flexibility index (Phi) is 9.53. The number of piperazine rings is 1. The maximum absolute atomic E-state index is 13.7. The minimum absolute atomic E-state index is 0.0488. The fourth-order valence-electron chi connectivity index (χ4n) is 6.11. The monoisotopic (exact) mass is 598 g/mol. The lowest BCUT2D eigenvalue weighted by Crippen LogP contribution is -2.46. The zero-order valence-corrected chi connectivity index (χ0v) is 26.8. The summed E-state index contributed by atoms with van der Waals surface area (Å²) in [5.41, 5.74) is 5.69. The Hall–Kier alpha value is -3.98. The molecule has 2 aromatic rings. The number of carbonyl (C=O) groups excluding carboxylic acids is 2. The predicted octanol–water partition coefficient (Wildman–Crippen LogP) is 4.72. The van der Waals surface area contributed by atoms with E-state index in [1.54, 1.807) is 4.90 Å². The van der Waals surface area contributed by atoms with E-state index in [2.05, 4.69) is 31.8 Å². The molecule has 1 aromatic carbocycles. The zero-order chi connectivity index (χ0) is 31.5. The number of H-pyrrole nitrogens is 1. The summed E-state index contributed by atoms with van der Waals surface area (Å²) < 4.78 is 0. The molecule has 2 aliphatic carbocycles. The van der Waals surface area contributed by atoms with Crippen LogP contribution < -0.4 is 15.8 Å². The molecule has 9 heteroatoms. The summed E-state index contributed by atoms with van der Waals surface area (Å²) in [7, 11) is 0. The van der Waals surface area contributed by atoms with E-state index in [-0.39, 0.29) is 29.8 Å². The molecule has 0 spiro atoms. The molecule has 1 saturated heterocycles. The Morgan fingerprint density at radius 1 is 1.07 bits per heavy atom. The summed E-state index contributed by atoms with van der Waals surface area (Å²) in [6.07, 6.45) is 8.45. The van der Waals surface area contributed by atoms with Gasteiger partial charge in [0.05, 0.1) is 0 Å². The van der Waals surface area contributed by atoms with Crippen LogP contribution in [0.3, 0.4) is 0 Å². The third kappa shape index (κ3) is 7.04. The van der Waals surface area contributed by atoms with Gasteiger partial charge < -0.3 is 20.1 Å². The predicted molar refractivity (Wildman–Crippen MR) is 177 cm³/mol. The highest BCUT2D eigenvalue weighted by Gasteiger charge is 2.35. The molecule has 2 N–H and O–H groups in total. The summed E-state index contributed by atoms with van der Waals surface area (Å²) >= 11 is 0. The number of aromatic amines is 1. The van der Waals surface area contributed by atoms with Gasteiger partial charge in [0, 0.05) is 73.7 Å². The minimum atomic E-state index is -0.287. The van der Waals surface area contributed by atoms with Gasteiger partial charge in [0.25, 0.3) is 11.5 Å². The number of aromatic nitrogens is 1. The maximum Gasteiger partial charge on any atom is 0.253 e. The number of hydrogen-bond acceptors (Lipinski definition) is 6. The first kappa shape index (κ1) is 31.4. The summed E-state index contributed by atoms with van der Waals surface area (Å²) in [4.78, 5) is 53.4. The van der Waals surface area contributed by atoms with E-state index in [0.29, 0.717) is 17.7 Å². The van der Waals surface area contributed by atoms with Crippen LogP contribution in [0.15, 0.2) is 46.0 Å². The van der Waals surface area contributed by atoms with Gasteiger partial charge in [-0.1, -0.05) is 6.08 Å². The van der Waals surface area contributed by atoms with Gasteiger partial charge >= 0.3 is 0 Å². The minimum Gasteiger partial charge on any atom is -0.354 e. The number of benzene rings is 1. The number of nitrogens with one attached hydrogen (secondary N) is 2. The van der Waals surface area contributed by atoms with Crippen LogP contribution in [0.2, 0.25) is 0 Å². The van der Waals surface area contributed by atoms with Gasteiger partial charge in [0.2, 0.25) is 5.91 Å². The molecular formula is C35H46N6O3. The van der Waals surface area contributed by atoms with Gasteiger partial charge in [-0.2, -0.15) is 0 Å². The molecular weight excluding hydrogens is 552 g/mol. The number of amides is 2. The second kappa shape index (κ2) is 13.3. The number of hydrogen-bond donors (Lipinski definition) is 2. The molecule has 0 radical (unpaired) electrons. The second-order valence-corrected chi connectivity index (χ2v) is 12.4. The van der Waals surface area contributed by atoms with E-state index in [4.69, 9.17) is 0 Å². The topological polar surface area (TPSA) is 101 Å². The van der Waals surface area contributed by atoms with Crippen molar-refractivity contribution in [1.29, 1.82) is 0 Å². The molecule has 234 valence electrons. The van der Waals surface area contributed by atoms with Crippen LogP contribution in [0.4, 0.5) is 5.69 Å². The van der Waals surface area contributed by atoms with Crippen molar-refractivity contribution in [1.82, 2.24) is 20.1 Å². The van der Waals surface area contributed by atoms with Gasteiger partial charge in [-0.25, -0.2) is 4.99 Å². The quantitative estimate of drug-likeness (QED) is 0.288. The average Bonchev–Trinajstić information content (AvgIpc) is 3.92. The number of aliphatic imine (C=N–C) groups is 1. The normalized spacial score (nSPS) is 17.9. The number of carbonyl (C=O) groups is 2. The first-order chi connectivity index (χ1) is 21.1. The maximum atomic E-state index is 13.7. The Morgan fingerprint density at radius 3 is 2.36 bits per heavy atom. The first-order valence-corrected chi connectivity index (χ1v) is 15.9. The summed E-state index contributed by atoms with van der Waals surface area (Å²) in [6, 6.07) is 6.56. The molecule has 1 aliphatic heterocycles. The van der Waals surface area contributed by atoms with Crippen molar-refractivity contribution in [2.45, 2.75) is 72.9 Å². The first-order valence-electron chi connectivity index (χ1n) is 15.9. The molecule has 1 aromatic heterocycles. The van der Waals surface area contributed by atoms with Crippen molar-refractivity contribution >= 4 is 29.8 Å². The molecule has 9 nitrogen and oxygen atoms in total. The highest BCUT2D eigenvalue weighted by Crippen LogP contribution is 2.36. The molecule has 2 heterocycles. The third-order valence-corrected chi connectivity index (χ3v) is 9.15. The van der Waals surface area contributed by atoms with Gasteiger partial charge in [0.1, 0.15) is 5.82 Å². The van der Waals surface area contributed by atoms with Crippen molar-refractivity contribution in [3.05, 3.63) is 80.0 Å². The molecule has 0 unspecified atom stereocenters. The highest BCUT2D eigenvalue weighted by atomic mass is 16.2. The fraction of sp³-hybridized carbons (Fsp3) is 0.486. The van der Waals surface area contributed by atoms with E-state index in [9.17, 15) is 14.4 Å². The van der Waals surface area contributed by atoms with E-state index in [1.807, 2.05) is 65.0 Å². The van der Waals surface area contributed by atoms with E-state index in [1.165, 1.54) is 12.8 Å². The Balaban J connectivity index is 1.44. The van der Waals surface area contributed by atoms with Crippen LogP contribution in [-0.4, -0.2) is 72.1 Å². The van der Waals surface area contributed by atoms with Crippen LogP contribution in [0.25, 0.3) is 5.57 Å². The number of pyridine rings is 1. The number of aryl methyl sites for hydroxylation is 2. The highest BCUT2D eigenvalue weighted by molar-refractivity contribution is 6.02. The van der Waals surface area contributed by atoms with Gasteiger partial charge in [-0.3, -0.25) is 19.3 Å². The van der Waals surface area contributed by atoms with Gasteiger partial charge in [-0.15, -0.1) is 0 Å². The molecule has 5 rings (SSSR count). The molecule has 0 atom stereocenters. The van der Waals surface area contributed by atoms with E-state index >= 15 is 0 Å². The van der Waals surface area contributed by atoms with Crippen LogP contribution in [0.5, 0.6) is 0 Å². The lowest BCUT2D eigenvalue weighted by atomic mass is 9.96. The standard InChI is InChI=1S/C35H46N6O3/c1-7-41(35(44)26-9-10-26)31-20-27(22(2)8-13-32(36-6)40-16-14-39(15-17-40)28-11-12-28)19-29(25(31)5)33(42)37-21-30-23(3)18-24(4)38-34(30)43/h8,13,18-20,26,28H,6-7,9-12,14-17,21H2,1-5H3,(H,37,42)(H,38,43)/b22-8+,32-13+. The Morgan fingerprint density at radius 2 is 1.77 bits per heavy atom. The molecule has 2 saturated carbocycles. The SMILES string of the molecule is C=N/C(=C\C=C(/C)c1cc(C(=O)NCc2c(C)cc(C)[nH]c2=O)c(C)c(N(CC)C(=O)C2CC2)c1)N1CCN(C2CC2)CC1. The van der Waals surface area contributed by atoms with Crippen molar-refractivity contribution in [3.63, 3.8) is 0 Å². The van der Waals surface area contributed by atoms with E-state index < -0.39 is 0 Å². The van der Waals surface area contributed by atoms with Gasteiger partial charge in [0.15, 0.2) is 0 Å². The van der Waals surface area contributed by atoms with Crippen LogP contribution in [0.1, 0.15) is 77.8 Å². The second-order valence-electron chi connectivity index (χ2n) is 12.4. The molecule has 2 amide bonds. The molecule has 3 aliphatic rings. The smallest absolute Gasteiger partial charge is 0.253 e. The number of nitrogens with zero attached hydrogens (tertiary/aromatic N) is 4. The Bertz CT molecular complexity index is 1550. The lowest BCUT2D eigenvalue weighted by molar-refractivity contribution is -0.119. The van der Waals surface area contributed by atoms with Crippen molar-refractivity contribution in [3.8, 4) is 0 Å². The van der Waals surface area contributed by atoms with Crippen molar-refractivity contribution in [2.75, 3.05) is 37.6 Å². The Labute approximate surface area is 260 Å². The third-order valence-electron chi connectivity index (χ3n) is 9.15. The fourth-order valence-corrected chi connectivity index (χ4v) is 6.11. The molecule has 44 heavy (non-hydrogen) atoms. The lowest BCUT2D eigenvalue weighted by Gasteiger charge is -2.36. The number of anilines is 1. The van der Waals surface area contributed by atoms with Gasteiger partial charge in [-0.05, 0) is 114 Å².